The maximum Gasteiger partial charge on any atom is 0.293 e. The fourth-order valence-electron chi connectivity index (χ4n) is 3.40. The number of halogens is 4. The lowest BCUT2D eigenvalue weighted by molar-refractivity contribution is -0.123. The van der Waals surface area contributed by atoms with Gasteiger partial charge in [-0.3, -0.25) is 14.5 Å². The van der Waals surface area contributed by atoms with Crippen LogP contribution in [-0.2, 0) is 17.9 Å². The van der Waals surface area contributed by atoms with E-state index in [9.17, 15) is 9.59 Å². The number of carbonyl (C=O) groups excluding carboxylic acids is 2. The van der Waals surface area contributed by atoms with E-state index in [4.69, 9.17) is 55.9 Å². The standard InChI is InChI=1S/C26H19Cl4NO4S/c1-2-34-23-10-15(4-8-22(23)35-14-17-5-6-18(27)12-20(17)29)11-24-25(32)31(26(33)36-24)13-16-3-7-19(28)21(30)9-16/h3-12H,2,13-14H2,1H3/b24-11-. The zero-order valence-electron chi connectivity index (χ0n) is 18.9. The van der Waals surface area contributed by atoms with Crippen molar-refractivity contribution >= 4 is 75.4 Å². The molecule has 1 aliphatic heterocycles. The van der Waals surface area contributed by atoms with Gasteiger partial charge in [-0.2, -0.15) is 0 Å². The molecule has 1 saturated heterocycles. The molecule has 0 N–H and O–H groups in total. The summed E-state index contributed by atoms with van der Waals surface area (Å²) in [5, 5.41) is 1.46. The van der Waals surface area contributed by atoms with Crippen LogP contribution in [0, 0.1) is 0 Å². The number of imide groups is 1. The minimum Gasteiger partial charge on any atom is -0.490 e. The normalized spacial score (nSPS) is 14.6. The van der Waals surface area contributed by atoms with E-state index in [-0.39, 0.29) is 24.3 Å². The molecule has 0 spiro atoms. The zero-order chi connectivity index (χ0) is 25.8. The van der Waals surface area contributed by atoms with Gasteiger partial charge in [-0.15, -0.1) is 0 Å². The molecule has 0 saturated carbocycles. The van der Waals surface area contributed by atoms with Gasteiger partial charge in [0.25, 0.3) is 11.1 Å². The molecule has 10 heteroatoms. The van der Waals surface area contributed by atoms with Crippen molar-refractivity contribution in [1.29, 1.82) is 0 Å². The number of benzene rings is 3. The van der Waals surface area contributed by atoms with Gasteiger partial charge in [-0.25, -0.2) is 0 Å². The monoisotopic (exact) mass is 581 g/mol. The van der Waals surface area contributed by atoms with Gasteiger partial charge in [0.15, 0.2) is 11.5 Å². The van der Waals surface area contributed by atoms with Crippen LogP contribution in [0.4, 0.5) is 4.79 Å². The van der Waals surface area contributed by atoms with E-state index in [2.05, 4.69) is 0 Å². The number of thioether (sulfide) groups is 1. The summed E-state index contributed by atoms with van der Waals surface area (Å²) in [7, 11) is 0. The van der Waals surface area contributed by atoms with Crippen molar-refractivity contribution in [2.45, 2.75) is 20.1 Å². The Kier molecular flexibility index (Phi) is 8.75. The van der Waals surface area contributed by atoms with Crippen LogP contribution in [0.2, 0.25) is 20.1 Å². The summed E-state index contributed by atoms with van der Waals surface area (Å²) >= 11 is 25.1. The lowest BCUT2D eigenvalue weighted by atomic mass is 10.1. The Hall–Kier alpha value is -2.35. The molecule has 3 aromatic rings. The maximum atomic E-state index is 12.9. The first-order valence-corrected chi connectivity index (χ1v) is 13.1. The molecule has 2 amide bonds. The van der Waals surface area contributed by atoms with E-state index in [0.717, 1.165) is 17.3 Å². The highest BCUT2D eigenvalue weighted by Gasteiger charge is 2.35. The quantitative estimate of drug-likeness (QED) is 0.249. The molecule has 5 nitrogen and oxygen atoms in total. The van der Waals surface area contributed by atoms with Gasteiger partial charge in [0.05, 0.1) is 28.1 Å². The summed E-state index contributed by atoms with van der Waals surface area (Å²) in [5.41, 5.74) is 2.17. The van der Waals surface area contributed by atoms with Crippen LogP contribution in [0.5, 0.6) is 11.5 Å². The van der Waals surface area contributed by atoms with E-state index >= 15 is 0 Å². The van der Waals surface area contributed by atoms with Crippen LogP contribution in [0.3, 0.4) is 0 Å². The second-order valence-electron chi connectivity index (χ2n) is 7.68. The van der Waals surface area contributed by atoms with Crippen LogP contribution in [0.1, 0.15) is 23.6 Å². The highest BCUT2D eigenvalue weighted by Crippen LogP contribution is 2.36. The number of hydrogen-bond donors (Lipinski definition) is 0. The molecule has 0 atom stereocenters. The van der Waals surface area contributed by atoms with Crippen LogP contribution >= 0.6 is 58.2 Å². The highest BCUT2D eigenvalue weighted by atomic mass is 35.5. The summed E-state index contributed by atoms with van der Waals surface area (Å²) < 4.78 is 11.7. The number of amides is 2. The fraction of sp³-hybridized carbons (Fsp3) is 0.154. The Labute approximate surface area is 232 Å². The van der Waals surface area contributed by atoms with E-state index < -0.39 is 0 Å². The van der Waals surface area contributed by atoms with Gasteiger partial charge in [0, 0.05) is 15.6 Å². The van der Waals surface area contributed by atoms with Gasteiger partial charge in [-0.05, 0) is 72.3 Å². The van der Waals surface area contributed by atoms with E-state index in [1.807, 2.05) is 6.92 Å². The van der Waals surface area contributed by atoms with Gasteiger partial charge in [0.2, 0.25) is 0 Å². The number of carbonyl (C=O) groups is 2. The third kappa shape index (κ3) is 6.31. The largest absolute Gasteiger partial charge is 0.490 e. The molecule has 4 rings (SSSR count). The minimum absolute atomic E-state index is 0.100. The number of ether oxygens (including phenoxy) is 2. The Morgan fingerprint density at radius 1 is 0.861 bits per heavy atom. The summed E-state index contributed by atoms with van der Waals surface area (Å²) in [4.78, 5) is 27.0. The molecule has 0 unspecified atom stereocenters. The van der Waals surface area contributed by atoms with E-state index in [0.29, 0.717) is 54.2 Å². The van der Waals surface area contributed by atoms with Crippen molar-refractivity contribution in [2.24, 2.45) is 0 Å². The maximum absolute atomic E-state index is 12.9. The lowest BCUT2D eigenvalue weighted by Crippen LogP contribution is -2.27. The summed E-state index contributed by atoms with van der Waals surface area (Å²) in [5.74, 6) is 0.644. The molecule has 0 bridgehead atoms. The molecule has 1 aliphatic rings. The first-order valence-electron chi connectivity index (χ1n) is 10.8. The number of nitrogens with zero attached hydrogens (tertiary/aromatic N) is 1. The third-order valence-corrected chi connectivity index (χ3v) is 7.40. The van der Waals surface area contributed by atoms with Crippen molar-refractivity contribution < 1.29 is 19.1 Å². The molecule has 186 valence electrons. The van der Waals surface area contributed by atoms with Crippen molar-refractivity contribution in [1.82, 2.24) is 4.90 Å². The second kappa shape index (κ2) is 11.8. The summed E-state index contributed by atoms with van der Waals surface area (Å²) in [6.45, 7) is 2.61. The Morgan fingerprint density at radius 3 is 2.39 bits per heavy atom. The minimum atomic E-state index is -0.383. The lowest BCUT2D eigenvalue weighted by Gasteiger charge is -2.14. The molecular formula is C26H19Cl4NO4S. The molecule has 1 heterocycles. The first kappa shape index (κ1) is 26.7. The Morgan fingerprint density at radius 2 is 1.67 bits per heavy atom. The van der Waals surface area contributed by atoms with Gasteiger partial charge >= 0.3 is 0 Å². The Balaban J connectivity index is 1.51. The van der Waals surface area contributed by atoms with Crippen molar-refractivity contribution in [3.63, 3.8) is 0 Å². The first-order chi connectivity index (χ1) is 17.2. The Bertz CT molecular complexity index is 1360. The van der Waals surface area contributed by atoms with Crippen LogP contribution in [0.15, 0.2) is 59.5 Å². The van der Waals surface area contributed by atoms with Crippen molar-refractivity contribution in [2.75, 3.05) is 6.61 Å². The van der Waals surface area contributed by atoms with Crippen LogP contribution in [-0.4, -0.2) is 22.7 Å². The van der Waals surface area contributed by atoms with Gasteiger partial charge < -0.3 is 9.47 Å². The smallest absolute Gasteiger partial charge is 0.293 e. The predicted octanol–water partition coefficient (Wildman–Crippen LogP) is 8.51. The average molecular weight is 583 g/mol. The van der Waals surface area contributed by atoms with Crippen molar-refractivity contribution in [3.8, 4) is 11.5 Å². The van der Waals surface area contributed by atoms with Crippen LogP contribution in [0.25, 0.3) is 6.08 Å². The summed E-state index contributed by atoms with van der Waals surface area (Å²) in [6, 6.07) is 15.5. The second-order valence-corrected chi connectivity index (χ2v) is 10.3. The molecule has 36 heavy (non-hydrogen) atoms. The third-order valence-electron chi connectivity index (χ3n) is 5.16. The van der Waals surface area contributed by atoms with Gasteiger partial charge in [-0.1, -0.05) is 64.6 Å². The van der Waals surface area contributed by atoms with Crippen molar-refractivity contribution in [3.05, 3.63) is 96.3 Å². The highest BCUT2D eigenvalue weighted by molar-refractivity contribution is 8.18. The SMILES string of the molecule is CCOc1cc(/C=C2\SC(=O)N(Cc3ccc(Cl)c(Cl)c3)C2=O)ccc1OCc1ccc(Cl)cc1Cl. The van der Waals surface area contributed by atoms with E-state index in [1.54, 1.807) is 60.7 Å². The van der Waals surface area contributed by atoms with E-state index in [1.165, 1.54) is 4.90 Å². The average Bonchev–Trinajstić information content (AvgIpc) is 3.09. The molecule has 0 radical (unpaired) electrons. The van der Waals surface area contributed by atoms with Gasteiger partial charge in [0.1, 0.15) is 6.61 Å². The molecule has 1 fully saturated rings. The zero-order valence-corrected chi connectivity index (χ0v) is 22.7. The summed E-state index contributed by atoms with van der Waals surface area (Å²) in [6.07, 6.45) is 1.65. The molecule has 0 aliphatic carbocycles. The fourth-order valence-corrected chi connectivity index (χ4v) is 5.03. The number of rotatable bonds is 8. The number of hydrogen-bond acceptors (Lipinski definition) is 5. The predicted molar refractivity (Wildman–Crippen MR) is 146 cm³/mol. The molecule has 3 aromatic carbocycles. The topological polar surface area (TPSA) is 55.8 Å². The molecule has 0 aromatic heterocycles. The van der Waals surface area contributed by atoms with Crippen LogP contribution < -0.4 is 9.47 Å². The molecular weight excluding hydrogens is 564 g/mol.